The summed E-state index contributed by atoms with van der Waals surface area (Å²) in [6, 6.07) is 14.1. The molecule has 0 saturated heterocycles. The molecule has 2 heteroatoms. The van der Waals surface area contributed by atoms with Crippen LogP contribution in [-0.4, -0.2) is 13.2 Å². The molecule has 0 spiro atoms. The van der Waals surface area contributed by atoms with Crippen molar-refractivity contribution in [2.75, 3.05) is 18.9 Å². The zero-order chi connectivity index (χ0) is 11.8. The van der Waals surface area contributed by atoms with Crippen molar-refractivity contribution in [3.05, 3.63) is 42.5 Å². The highest BCUT2D eigenvalue weighted by molar-refractivity contribution is 5.92. The second-order valence-corrected chi connectivity index (χ2v) is 3.35. The molecule has 0 aromatic heterocycles. The number of rotatable bonds is 2. The predicted octanol–water partition coefficient (Wildman–Crippen LogP) is 3.46. The summed E-state index contributed by atoms with van der Waals surface area (Å²) < 4.78 is 4.83. The molecule has 2 aromatic rings. The molecule has 0 unspecified atom stereocenters. The molecule has 0 fully saturated rings. The number of anilines is 1. The second-order valence-electron chi connectivity index (χ2n) is 3.35. The molecule has 16 heavy (non-hydrogen) atoms. The molecule has 86 valence electrons. The summed E-state index contributed by atoms with van der Waals surface area (Å²) in [4.78, 5) is 0. The third-order valence-electron chi connectivity index (χ3n) is 2.23. The third-order valence-corrected chi connectivity index (χ3v) is 2.23. The number of nitrogens with two attached hydrogens (primary N) is 1. The number of nitrogen functional groups attached to an aromatic ring is 1. The van der Waals surface area contributed by atoms with Gasteiger partial charge in [0.05, 0.1) is 0 Å². The summed E-state index contributed by atoms with van der Waals surface area (Å²) in [5.74, 6) is 0. The van der Waals surface area contributed by atoms with E-state index in [2.05, 4.69) is 12.1 Å². The average Bonchev–Trinajstić information content (AvgIpc) is 2.32. The molecule has 0 radical (unpaired) electrons. The fraction of sp³-hybridized carbons (Fsp3) is 0.286. The van der Waals surface area contributed by atoms with Gasteiger partial charge in [0.2, 0.25) is 0 Å². The van der Waals surface area contributed by atoms with Crippen molar-refractivity contribution in [2.24, 2.45) is 0 Å². The zero-order valence-corrected chi connectivity index (χ0v) is 9.94. The molecule has 2 N–H and O–H groups in total. The van der Waals surface area contributed by atoms with E-state index in [4.69, 9.17) is 10.5 Å². The lowest BCUT2D eigenvalue weighted by Crippen LogP contribution is -1.84. The Balaban J connectivity index is 0.000000221. The number of hydrogen-bond acceptors (Lipinski definition) is 2. The maximum Gasteiger partial charge on any atom is 0.0437 e. The lowest BCUT2D eigenvalue weighted by atomic mass is 10.1. The van der Waals surface area contributed by atoms with E-state index < -0.39 is 0 Å². The van der Waals surface area contributed by atoms with Crippen molar-refractivity contribution < 1.29 is 4.74 Å². The highest BCUT2D eigenvalue weighted by Crippen LogP contribution is 2.19. The second kappa shape index (κ2) is 6.85. The Morgan fingerprint density at radius 3 is 2.12 bits per heavy atom. The van der Waals surface area contributed by atoms with Crippen molar-refractivity contribution in [1.82, 2.24) is 0 Å². The third kappa shape index (κ3) is 3.55. The standard InChI is InChI=1S/C10H9N.C4H10O/c11-10-7-3-5-8-4-1-2-6-9(8)10;1-3-5-4-2/h1-7H,11H2;3-4H2,1-2H3. The van der Waals surface area contributed by atoms with Crippen LogP contribution in [0.4, 0.5) is 5.69 Å². The number of ether oxygens (including phenoxy) is 1. The van der Waals surface area contributed by atoms with Gasteiger partial charge in [-0.25, -0.2) is 0 Å². The van der Waals surface area contributed by atoms with Gasteiger partial charge in [0, 0.05) is 24.3 Å². The highest BCUT2D eigenvalue weighted by Gasteiger charge is 1.92. The van der Waals surface area contributed by atoms with Gasteiger partial charge >= 0.3 is 0 Å². The van der Waals surface area contributed by atoms with Gasteiger partial charge in [-0.05, 0) is 25.3 Å². The summed E-state index contributed by atoms with van der Waals surface area (Å²) in [5, 5.41) is 2.34. The topological polar surface area (TPSA) is 35.2 Å². The van der Waals surface area contributed by atoms with Crippen LogP contribution in [0.15, 0.2) is 42.5 Å². The smallest absolute Gasteiger partial charge is 0.0437 e. The fourth-order valence-corrected chi connectivity index (χ4v) is 1.45. The molecular formula is C14H19NO. The molecule has 2 rings (SSSR count). The van der Waals surface area contributed by atoms with E-state index in [-0.39, 0.29) is 0 Å². The van der Waals surface area contributed by atoms with E-state index in [9.17, 15) is 0 Å². The van der Waals surface area contributed by atoms with Crippen molar-refractivity contribution >= 4 is 16.5 Å². The van der Waals surface area contributed by atoms with Crippen LogP contribution in [0.3, 0.4) is 0 Å². The van der Waals surface area contributed by atoms with Gasteiger partial charge in [0.25, 0.3) is 0 Å². The van der Waals surface area contributed by atoms with Crippen LogP contribution < -0.4 is 5.73 Å². The molecule has 0 aliphatic rings. The minimum absolute atomic E-state index is 0.844. The van der Waals surface area contributed by atoms with E-state index in [1.807, 2.05) is 44.2 Å². The first kappa shape index (κ1) is 12.5. The summed E-state index contributed by atoms with van der Waals surface area (Å²) in [7, 11) is 0. The van der Waals surface area contributed by atoms with E-state index in [1.54, 1.807) is 0 Å². The largest absolute Gasteiger partial charge is 0.398 e. The molecule has 0 heterocycles. The van der Waals surface area contributed by atoms with Crippen LogP contribution in [0.25, 0.3) is 10.8 Å². The predicted molar refractivity (Wildman–Crippen MR) is 70.5 cm³/mol. The molecule has 0 bridgehead atoms. The van der Waals surface area contributed by atoms with Crippen LogP contribution in [-0.2, 0) is 4.74 Å². The molecule has 2 aromatic carbocycles. The molecule has 2 nitrogen and oxygen atoms in total. The zero-order valence-electron chi connectivity index (χ0n) is 9.94. The van der Waals surface area contributed by atoms with Crippen LogP contribution in [0.5, 0.6) is 0 Å². The number of fused-ring (bicyclic) bond motifs is 1. The lowest BCUT2D eigenvalue weighted by Gasteiger charge is -1.98. The summed E-state index contributed by atoms with van der Waals surface area (Å²) in [6.45, 7) is 5.67. The van der Waals surface area contributed by atoms with Crippen molar-refractivity contribution in [3.8, 4) is 0 Å². The maximum atomic E-state index is 5.76. The van der Waals surface area contributed by atoms with Gasteiger partial charge in [-0.15, -0.1) is 0 Å². The fourth-order valence-electron chi connectivity index (χ4n) is 1.45. The van der Waals surface area contributed by atoms with Crippen LogP contribution in [0.2, 0.25) is 0 Å². The van der Waals surface area contributed by atoms with E-state index in [1.165, 1.54) is 5.39 Å². The van der Waals surface area contributed by atoms with Gasteiger partial charge in [0.1, 0.15) is 0 Å². The first-order valence-electron chi connectivity index (χ1n) is 5.60. The van der Waals surface area contributed by atoms with Gasteiger partial charge in [-0.3, -0.25) is 0 Å². The van der Waals surface area contributed by atoms with Gasteiger partial charge < -0.3 is 10.5 Å². The van der Waals surface area contributed by atoms with Crippen molar-refractivity contribution in [3.63, 3.8) is 0 Å². The van der Waals surface area contributed by atoms with Crippen LogP contribution in [0.1, 0.15) is 13.8 Å². The van der Waals surface area contributed by atoms with Gasteiger partial charge in [-0.2, -0.15) is 0 Å². The molecule has 0 atom stereocenters. The minimum atomic E-state index is 0.844. The average molecular weight is 217 g/mol. The minimum Gasteiger partial charge on any atom is -0.398 e. The first-order valence-corrected chi connectivity index (χ1v) is 5.60. The highest BCUT2D eigenvalue weighted by atomic mass is 16.5. The normalized spacial score (nSPS) is 9.62. The number of hydrogen-bond donors (Lipinski definition) is 1. The van der Waals surface area contributed by atoms with Crippen LogP contribution >= 0.6 is 0 Å². The molecule has 0 aliphatic heterocycles. The Bertz CT molecular complexity index is 419. The Morgan fingerprint density at radius 1 is 0.938 bits per heavy atom. The van der Waals surface area contributed by atoms with E-state index in [0.29, 0.717) is 0 Å². The Labute approximate surface area is 97.0 Å². The summed E-state index contributed by atoms with van der Waals surface area (Å²) in [6.07, 6.45) is 0. The Kier molecular flexibility index (Phi) is 5.37. The van der Waals surface area contributed by atoms with Crippen molar-refractivity contribution in [2.45, 2.75) is 13.8 Å². The van der Waals surface area contributed by atoms with Crippen molar-refractivity contribution in [1.29, 1.82) is 0 Å². The lowest BCUT2D eigenvalue weighted by molar-refractivity contribution is 0.162. The SMILES string of the molecule is CCOCC.Nc1cccc2ccccc12. The molecule has 0 saturated carbocycles. The molecule has 0 aliphatic carbocycles. The quantitative estimate of drug-likeness (QED) is 0.782. The van der Waals surface area contributed by atoms with Crippen LogP contribution in [0, 0.1) is 0 Å². The van der Waals surface area contributed by atoms with Gasteiger partial charge in [-0.1, -0.05) is 36.4 Å². The summed E-state index contributed by atoms with van der Waals surface area (Å²) >= 11 is 0. The Morgan fingerprint density at radius 2 is 1.56 bits per heavy atom. The maximum absolute atomic E-state index is 5.76. The van der Waals surface area contributed by atoms with Gasteiger partial charge in [0.15, 0.2) is 0 Å². The monoisotopic (exact) mass is 217 g/mol. The first-order chi connectivity index (χ1) is 7.79. The molecular weight excluding hydrogens is 198 g/mol. The van der Waals surface area contributed by atoms with E-state index in [0.717, 1.165) is 24.3 Å². The molecule has 0 amide bonds. The Hall–Kier alpha value is -1.54. The van der Waals surface area contributed by atoms with E-state index >= 15 is 0 Å². The number of benzene rings is 2. The summed E-state index contributed by atoms with van der Waals surface area (Å²) in [5.41, 5.74) is 6.61.